The van der Waals surface area contributed by atoms with Crippen LogP contribution in [0, 0.1) is 34.8 Å². The first kappa shape index (κ1) is 24.1. The molecule has 0 fully saturated rings. The van der Waals surface area contributed by atoms with E-state index in [1.165, 1.54) is 6.08 Å². The fourth-order valence-corrected chi connectivity index (χ4v) is 5.92. The summed E-state index contributed by atoms with van der Waals surface area (Å²) in [5.74, 6) is -0.186. The molecule has 1 aliphatic carbocycles. The number of carbonyl (C=O) groups is 1. The third-order valence-electron chi connectivity index (χ3n) is 5.69. The van der Waals surface area contributed by atoms with Gasteiger partial charge in [0.15, 0.2) is 0 Å². The SMILES string of the molecule is Cc1[nH]c(/C(=C2\C(I)=CC(=O)c3ncccc32)c2c(C)c(I)c(C)n2B(F)F)c(C)c1I. The molecule has 0 unspecified atom stereocenters. The largest absolute Gasteiger partial charge is 0.677 e. The molecule has 3 aromatic heterocycles. The second-order valence-electron chi connectivity index (χ2n) is 7.59. The number of rotatable bonds is 3. The minimum atomic E-state index is -2.71. The lowest BCUT2D eigenvalue weighted by Gasteiger charge is -2.22. The summed E-state index contributed by atoms with van der Waals surface area (Å²) in [7, 11) is -2.71. The van der Waals surface area contributed by atoms with E-state index in [4.69, 9.17) is 0 Å². The normalized spacial score (nSPS) is 15.0. The molecule has 3 heterocycles. The van der Waals surface area contributed by atoms with E-state index in [0.29, 0.717) is 31.8 Å². The number of aromatic nitrogens is 3. The molecule has 4 rings (SSSR count). The Labute approximate surface area is 226 Å². The summed E-state index contributed by atoms with van der Waals surface area (Å²) in [5.41, 5.74) is 6.81. The number of aromatic amines is 1. The maximum atomic E-state index is 14.4. The number of hydrogen-bond donors (Lipinski definition) is 1. The van der Waals surface area contributed by atoms with Gasteiger partial charge in [0, 0.05) is 56.8 Å². The number of nitrogens with one attached hydrogen (secondary N) is 1. The third kappa shape index (κ3) is 3.73. The zero-order valence-corrected chi connectivity index (χ0v) is 24.1. The number of fused-ring (bicyclic) bond motifs is 1. The fraction of sp³-hybridized carbons (Fsp3) is 0.182. The average Bonchev–Trinajstić information content (AvgIpc) is 3.13. The van der Waals surface area contributed by atoms with Crippen LogP contribution in [0.25, 0.3) is 11.1 Å². The molecule has 0 saturated heterocycles. The molecule has 0 aromatic carbocycles. The van der Waals surface area contributed by atoms with Gasteiger partial charge in [0.25, 0.3) is 0 Å². The molecule has 0 radical (unpaired) electrons. The maximum Gasteiger partial charge on any atom is 0.677 e. The lowest BCUT2D eigenvalue weighted by Crippen LogP contribution is -2.19. The number of carbonyl (C=O) groups excluding carboxylic acids is 1. The highest BCUT2D eigenvalue weighted by atomic mass is 127. The van der Waals surface area contributed by atoms with E-state index < -0.39 is 7.40 Å². The molecule has 164 valence electrons. The Kier molecular flexibility index (Phi) is 6.76. The zero-order chi connectivity index (χ0) is 23.5. The molecule has 1 aliphatic rings. The fourth-order valence-electron chi connectivity index (χ4n) is 4.16. The van der Waals surface area contributed by atoms with E-state index in [0.717, 1.165) is 39.7 Å². The summed E-state index contributed by atoms with van der Waals surface area (Å²) in [4.78, 5) is 20.4. The van der Waals surface area contributed by atoms with Crippen molar-refractivity contribution in [3.05, 3.63) is 80.3 Å². The van der Waals surface area contributed by atoms with E-state index in [9.17, 15) is 13.4 Å². The van der Waals surface area contributed by atoms with Gasteiger partial charge in [-0.1, -0.05) is 6.07 Å². The minimum Gasteiger partial charge on any atom is -0.357 e. The van der Waals surface area contributed by atoms with E-state index in [1.807, 2.05) is 26.8 Å². The molecule has 10 heteroatoms. The van der Waals surface area contributed by atoms with Gasteiger partial charge < -0.3 is 9.46 Å². The van der Waals surface area contributed by atoms with Crippen LogP contribution in [0.3, 0.4) is 0 Å². The quantitative estimate of drug-likeness (QED) is 0.233. The highest BCUT2D eigenvalue weighted by Crippen LogP contribution is 2.46. The van der Waals surface area contributed by atoms with Crippen LogP contribution in [-0.4, -0.2) is 27.6 Å². The molecular weight excluding hydrogens is 752 g/mol. The maximum absolute atomic E-state index is 14.4. The number of H-pyrrole nitrogens is 1. The summed E-state index contributed by atoms with van der Waals surface area (Å²) in [6.45, 7) is 7.53. The van der Waals surface area contributed by atoms with Crippen LogP contribution < -0.4 is 0 Å². The Morgan fingerprint density at radius 1 is 1.09 bits per heavy atom. The van der Waals surface area contributed by atoms with Gasteiger partial charge in [0.2, 0.25) is 5.78 Å². The predicted octanol–water partition coefficient (Wildman–Crippen LogP) is 6.90. The smallest absolute Gasteiger partial charge is 0.357 e. The van der Waals surface area contributed by atoms with Gasteiger partial charge in [-0.3, -0.25) is 18.4 Å². The van der Waals surface area contributed by atoms with E-state index in [1.54, 1.807) is 19.2 Å². The Bertz CT molecular complexity index is 1350. The van der Waals surface area contributed by atoms with Gasteiger partial charge in [-0.05, 0) is 113 Å². The van der Waals surface area contributed by atoms with Crippen LogP contribution in [0.15, 0.2) is 28.0 Å². The molecule has 0 spiro atoms. The number of halogens is 5. The first-order valence-electron chi connectivity index (χ1n) is 9.68. The van der Waals surface area contributed by atoms with E-state index >= 15 is 0 Å². The number of pyridine rings is 1. The molecule has 0 saturated carbocycles. The van der Waals surface area contributed by atoms with Gasteiger partial charge in [0.1, 0.15) is 5.69 Å². The summed E-state index contributed by atoms with van der Waals surface area (Å²) in [6, 6.07) is 3.60. The summed E-state index contributed by atoms with van der Waals surface area (Å²) in [6.07, 6.45) is 3.11. The van der Waals surface area contributed by atoms with Crippen LogP contribution in [0.1, 0.15) is 50.0 Å². The average molecular weight is 769 g/mol. The first-order chi connectivity index (χ1) is 15.1. The number of nitrogens with zero attached hydrogens (tertiary/aromatic N) is 2. The zero-order valence-electron chi connectivity index (χ0n) is 17.6. The summed E-state index contributed by atoms with van der Waals surface area (Å²) < 4.78 is 32.4. The second kappa shape index (κ2) is 8.97. The molecule has 1 N–H and O–H groups in total. The number of aryl methyl sites for hydroxylation is 1. The lowest BCUT2D eigenvalue weighted by atomic mass is 9.87. The van der Waals surface area contributed by atoms with Crippen molar-refractivity contribution < 1.29 is 13.4 Å². The first-order valence-corrected chi connectivity index (χ1v) is 12.9. The lowest BCUT2D eigenvalue weighted by molar-refractivity contribution is 0.104. The predicted molar refractivity (Wildman–Crippen MR) is 150 cm³/mol. The van der Waals surface area contributed by atoms with E-state index in [-0.39, 0.29) is 5.78 Å². The highest BCUT2D eigenvalue weighted by Gasteiger charge is 2.34. The van der Waals surface area contributed by atoms with Crippen LogP contribution in [-0.2, 0) is 0 Å². The van der Waals surface area contributed by atoms with Crippen molar-refractivity contribution in [2.75, 3.05) is 0 Å². The number of allylic oxidation sites excluding steroid dienone is 3. The molecule has 4 nitrogen and oxygen atoms in total. The van der Waals surface area contributed by atoms with Crippen LogP contribution >= 0.6 is 67.8 Å². The van der Waals surface area contributed by atoms with Crippen molar-refractivity contribution in [3.8, 4) is 0 Å². The Hall–Kier alpha value is -1.03. The Morgan fingerprint density at radius 3 is 2.38 bits per heavy atom. The van der Waals surface area contributed by atoms with Crippen molar-refractivity contribution in [2.24, 2.45) is 0 Å². The third-order valence-corrected chi connectivity index (χ3v) is 9.75. The molecule has 0 aliphatic heterocycles. The molecule has 3 aromatic rings. The topological polar surface area (TPSA) is 50.7 Å². The number of ketones is 1. The van der Waals surface area contributed by atoms with Crippen molar-refractivity contribution in [2.45, 2.75) is 27.7 Å². The standard InChI is InChI=1S/C22H17BF2I3N3O/c1-9-18(27)11(3)30-20(9)17(22-10(2)19(28)12(4)31(22)23(24)25)16-13-6-5-7-29-21(13)15(32)8-14(16)26/h5-8,30H,1-4H3/b17-16+. The molecule has 0 bridgehead atoms. The van der Waals surface area contributed by atoms with Crippen molar-refractivity contribution >= 4 is 92.1 Å². The Balaban J connectivity index is 2.26. The van der Waals surface area contributed by atoms with Crippen molar-refractivity contribution in [1.29, 1.82) is 0 Å². The van der Waals surface area contributed by atoms with Gasteiger partial charge in [-0.2, -0.15) is 0 Å². The van der Waals surface area contributed by atoms with Gasteiger partial charge in [-0.15, -0.1) is 0 Å². The van der Waals surface area contributed by atoms with Crippen LogP contribution in [0.4, 0.5) is 8.63 Å². The molecule has 0 amide bonds. The van der Waals surface area contributed by atoms with Crippen molar-refractivity contribution in [1.82, 2.24) is 14.4 Å². The highest BCUT2D eigenvalue weighted by molar-refractivity contribution is 14.1. The molecule has 32 heavy (non-hydrogen) atoms. The summed E-state index contributed by atoms with van der Waals surface area (Å²) >= 11 is 6.52. The van der Waals surface area contributed by atoms with Crippen LogP contribution in [0.2, 0.25) is 0 Å². The van der Waals surface area contributed by atoms with Gasteiger partial charge in [0.05, 0.1) is 5.69 Å². The van der Waals surface area contributed by atoms with Gasteiger partial charge >= 0.3 is 7.40 Å². The molecular formula is C22H17BF2I3N3O. The van der Waals surface area contributed by atoms with Crippen molar-refractivity contribution in [3.63, 3.8) is 0 Å². The second-order valence-corrected chi connectivity index (χ2v) is 10.9. The monoisotopic (exact) mass is 769 g/mol. The summed E-state index contributed by atoms with van der Waals surface area (Å²) in [5, 5.41) is 0. The minimum absolute atomic E-state index is 0.186. The van der Waals surface area contributed by atoms with Crippen LogP contribution in [0.5, 0.6) is 0 Å². The number of hydrogen-bond acceptors (Lipinski definition) is 2. The van der Waals surface area contributed by atoms with Gasteiger partial charge in [-0.25, -0.2) is 0 Å². The Morgan fingerprint density at radius 2 is 1.78 bits per heavy atom. The molecule has 0 atom stereocenters. The van der Waals surface area contributed by atoms with E-state index in [2.05, 4.69) is 77.7 Å².